The van der Waals surface area contributed by atoms with E-state index in [1.807, 2.05) is 7.05 Å². The third-order valence-corrected chi connectivity index (χ3v) is 3.85. The summed E-state index contributed by atoms with van der Waals surface area (Å²) in [5.74, 6) is -0.655. The van der Waals surface area contributed by atoms with Gasteiger partial charge in [0.1, 0.15) is 0 Å². The summed E-state index contributed by atoms with van der Waals surface area (Å²) in [5.41, 5.74) is 0. The fraction of sp³-hybridized carbons (Fsp3) is 0.947. The zero-order valence-corrected chi connectivity index (χ0v) is 15.5. The molecule has 0 spiro atoms. The normalized spacial score (nSPS) is 10.1. The zero-order chi connectivity index (χ0) is 16.9. The van der Waals surface area contributed by atoms with Crippen LogP contribution in [0.4, 0.5) is 0 Å². The molecule has 0 aliphatic rings. The van der Waals surface area contributed by atoms with Gasteiger partial charge in [-0.1, -0.05) is 90.9 Å². The van der Waals surface area contributed by atoms with Crippen LogP contribution >= 0.6 is 0 Å². The van der Waals surface area contributed by atoms with Crippen LogP contribution in [-0.4, -0.2) is 24.7 Å². The van der Waals surface area contributed by atoms with Gasteiger partial charge in [0.2, 0.25) is 0 Å². The maximum absolute atomic E-state index is 10.3. The van der Waals surface area contributed by atoms with E-state index >= 15 is 0 Å². The number of nitrogens with one attached hydrogen (secondary N) is 1. The van der Waals surface area contributed by atoms with Crippen LogP contribution in [0.3, 0.4) is 0 Å². The molecule has 134 valence electrons. The van der Waals surface area contributed by atoms with Crippen molar-refractivity contribution >= 4 is 5.97 Å². The molecule has 3 nitrogen and oxygen atoms in total. The van der Waals surface area contributed by atoms with Gasteiger partial charge in [0.05, 0.1) is 0 Å². The van der Waals surface area contributed by atoms with Crippen LogP contribution in [0.15, 0.2) is 0 Å². The lowest BCUT2D eigenvalue weighted by Crippen LogP contribution is -2.01. The molecule has 0 saturated carbocycles. The Morgan fingerprint density at radius 1 is 0.727 bits per heavy atom. The molecule has 0 aliphatic heterocycles. The van der Waals surface area contributed by atoms with Crippen LogP contribution in [0.5, 0.6) is 0 Å². The highest BCUT2D eigenvalue weighted by atomic mass is 16.4. The summed E-state index contributed by atoms with van der Waals surface area (Å²) < 4.78 is 0. The smallest absolute Gasteiger partial charge is 0.303 e. The quantitative estimate of drug-likeness (QED) is 0.377. The molecule has 0 saturated heterocycles. The Balaban J connectivity index is 0. The SMILES string of the molecule is CCCCCCCCCCCCCCCC(=O)O.CCNC. The van der Waals surface area contributed by atoms with E-state index in [0.29, 0.717) is 6.42 Å². The van der Waals surface area contributed by atoms with Gasteiger partial charge in [-0.3, -0.25) is 4.79 Å². The van der Waals surface area contributed by atoms with Crippen molar-refractivity contribution < 1.29 is 9.90 Å². The Kier molecular flexibility index (Phi) is 24.5. The fourth-order valence-corrected chi connectivity index (χ4v) is 2.29. The van der Waals surface area contributed by atoms with Gasteiger partial charge in [-0.15, -0.1) is 0 Å². The van der Waals surface area contributed by atoms with E-state index in [1.165, 1.54) is 70.6 Å². The zero-order valence-electron chi connectivity index (χ0n) is 15.5. The summed E-state index contributed by atoms with van der Waals surface area (Å²) in [4.78, 5) is 10.3. The van der Waals surface area contributed by atoms with Crippen LogP contribution in [0.1, 0.15) is 104 Å². The number of hydrogen-bond donors (Lipinski definition) is 2. The first-order valence-corrected chi connectivity index (χ1v) is 9.55. The molecule has 0 unspecified atom stereocenters. The summed E-state index contributed by atoms with van der Waals surface area (Å²) in [7, 11) is 1.93. The monoisotopic (exact) mass is 315 g/mol. The first-order chi connectivity index (χ1) is 10.7. The molecule has 0 atom stereocenters. The maximum Gasteiger partial charge on any atom is 0.303 e. The fourth-order valence-electron chi connectivity index (χ4n) is 2.29. The second-order valence-corrected chi connectivity index (χ2v) is 6.09. The summed E-state index contributed by atoms with van der Waals surface area (Å²) >= 11 is 0. The van der Waals surface area contributed by atoms with Gasteiger partial charge in [-0.05, 0) is 20.0 Å². The van der Waals surface area contributed by atoms with Crippen molar-refractivity contribution in [3.05, 3.63) is 0 Å². The lowest BCUT2D eigenvalue weighted by atomic mass is 10.0. The van der Waals surface area contributed by atoms with Crippen LogP contribution in [0.2, 0.25) is 0 Å². The molecule has 3 heteroatoms. The number of aliphatic carboxylic acids is 1. The highest BCUT2D eigenvalue weighted by Gasteiger charge is 1.96. The maximum atomic E-state index is 10.3. The molecule has 2 N–H and O–H groups in total. The lowest BCUT2D eigenvalue weighted by molar-refractivity contribution is -0.137. The average Bonchev–Trinajstić information content (AvgIpc) is 2.52. The molecule has 0 bridgehead atoms. The predicted octanol–water partition coefficient (Wildman–Crippen LogP) is 5.78. The summed E-state index contributed by atoms with van der Waals surface area (Å²) in [6.07, 6.45) is 17.3. The first kappa shape index (κ1) is 23.7. The van der Waals surface area contributed by atoms with E-state index in [0.717, 1.165) is 19.4 Å². The number of rotatable bonds is 15. The second kappa shape index (κ2) is 22.7. The molecule has 0 aliphatic carbocycles. The lowest BCUT2D eigenvalue weighted by Gasteiger charge is -2.02. The molecule has 0 aromatic rings. The van der Waals surface area contributed by atoms with Crippen molar-refractivity contribution in [2.75, 3.05) is 13.6 Å². The summed E-state index contributed by atoms with van der Waals surface area (Å²) in [6.45, 7) is 5.40. The largest absolute Gasteiger partial charge is 0.481 e. The minimum absolute atomic E-state index is 0.345. The molecule has 22 heavy (non-hydrogen) atoms. The van der Waals surface area contributed by atoms with E-state index in [-0.39, 0.29) is 0 Å². The van der Waals surface area contributed by atoms with Crippen molar-refractivity contribution in [1.82, 2.24) is 5.32 Å². The standard InChI is InChI=1S/C16H32O2.C3H9N/c1-2-3-4-5-6-7-8-9-10-11-12-13-14-15-16(17)18;1-3-4-2/h2-15H2,1H3,(H,17,18);4H,3H2,1-2H3. The Morgan fingerprint density at radius 3 is 1.32 bits per heavy atom. The summed E-state index contributed by atoms with van der Waals surface area (Å²) in [5, 5.41) is 11.4. The van der Waals surface area contributed by atoms with E-state index in [9.17, 15) is 4.79 Å². The Labute approximate surface area is 139 Å². The van der Waals surface area contributed by atoms with Gasteiger partial charge in [0.25, 0.3) is 0 Å². The third-order valence-electron chi connectivity index (χ3n) is 3.85. The van der Waals surface area contributed by atoms with Gasteiger partial charge in [0, 0.05) is 6.42 Å². The third kappa shape index (κ3) is 27.7. The van der Waals surface area contributed by atoms with Crippen molar-refractivity contribution in [1.29, 1.82) is 0 Å². The molecule has 0 fully saturated rings. The molecule has 0 radical (unpaired) electrons. The number of carboxylic acids is 1. The molecular formula is C19H41NO2. The van der Waals surface area contributed by atoms with E-state index in [1.54, 1.807) is 0 Å². The van der Waals surface area contributed by atoms with Gasteiger partial charge >= 0.3 is 5.97 Å². The van der Waals surface area contributed by atoms with Gasteiger partial charge in [0.15, 0.2) is 0 Å². The van der Waals surface area contributed by atoms with E-state index < -0.39 is 5.97 Å². The minimum Gasteiger partial charge on any atom is -0.481 e. The minimum atomic E-state index is -0.655. The number of carboxylic acid groups (broad SMARTS) is 1. The number of unbranched alkanes of at least 4 members (excludes halogenated alkanes) is 12. The highest BCUT2D eigenvalue weighted by molar-refractivity contribution is 5.66. The molecule has 0 heterocycles. The van der Waals surface area contributed by atoms with Crippen LogP contribution in [-0.2, 0) is 4.79 Å². The number of carbonyl (C=O) groups is 1. The molecule has 0 amide bonds. The second-order valence-electron chi connectivity index (χ2n) is 6.09. The topological polar surface area (TPSA) is 49.3 Å². The van der Waals surface area contributed by atoms with Crippen LogP contribution in [0.25, 0.3) is 0 Å². The molecule has 0 aromatic carbocycles. The van der Waals surface area contributed by atoms with Crippen molar-refractivity contribution in [3.8, 4) is 0 Å². The molecule has 0 aromatic heterocycles. The first-order valence-electron chi connectivity index (χ1n) is 9.55. The number of hydrogen-bond acceptors (Lipinski definition) is 2. The van der Waals surface area contributed by atoms with Gasteiger partial charge in [-0.2, -0.15) is 0 Å². The van der Waals surface area contributed by atoms with E-state index in [2.05, 4.69) is 19.2 Å². The summed E-state index contributed by atoms with van der Waals surface area (Å²) in [6, 6.07) is 0. The van der Waals surface area contributed by atoms with Gasteiger partial charge in [-0.25, -0.2) is 0 Å². The van der Waals surface area contributed by atoms with E-state index in [4.69, 9.17) is 5.11 Å². The van der Waals surface area contributed by atoms with Gasteiger partial charge < -0.3 is 10.4 Å². The van der Waals surface area contributed by atoms with Crippen molar-refractivity contribution in [2.24, 2.45) is 0 Å². The van der Waals surface area contributed by atoms with Crippen LogP contribution in [0, 0.1) is 0 Å². The van der Waals surface area contributed by atoms with Crippen LogP contribution < -0.4 is 5.32 Å². The molecular weight excluding hydrogens is 274 g/mol. The predicted molar refractivity (Wildman–Crippen MR) is 97.5 cm³/mol. The highest BCUT2D eigenvalue weighted by Crippen LogP contribution is 2.12. The Bertz CT molecular complexity index is 206. The average molecular weight is 316 g/mol. The Morgan fingerprint density at radius 2 is 1.05 bits per heavy atom. The van der Waals surface area contributed by atoms with Crippen molar-refractivity contribution in [3.63, 3.8) is 0 Å². The molecule has 0 rings (SSSR count). The Hall–Kier alpha value is -0.570. The van der Waals surface area contributed by atoms with Crippen molar-refractivity contribution in [2.45, 2.75) is 104 Å².